The predicted molar refractivity (Wildman–Crippen MR) is 94.0 cm³/mol. The second-order valence-corrected chi connectivity index (χ2v) is 8.36. The quantitative estimate of drug-likeness (QED) is 0.853. The fourth-order valence-electron chi connectivity index (χ4n) is 2.78. The third-order valence-corrected chi connectivity index (χ3v) is 5.36. The fraction of sp³-hybridized carbons (Fsp3) is 0.562. The van der Waals surface area contributed by atoms with Crippen molar-refractivity contribution in [3.8, 4) is 5.75 Å². The molecular formula is C16H23ClN2O4S. The van der Waals surface area contributed by atoms with E-state index in [4.69, 9.17) is 16.3 Å². The van der Waals surface area contributed by atoms with Gasteiger partial charge >= 0.3 is 0 Å². The van der Waals surface area contributed by atoms with Crippen molar-refractivity contribution in [1.29, 1.82) is 0 Å². The van der Waals surface area contributed by atoms with Crippen molar-refractivity contribution in [3.63, 3.8) is 0 Å². The van der Waals surface area contributed by atoms with Gasteiger partial charge < -0.3 is 9.64 Å². The van der Waals surface area contributed by atoms with Crippen LogP contribution in [0.4, 0.5) is 0 Å². The van der Waals surface area contributed by atoms with E-state index in [9.17, 15) is 13.2 Å². The molecule has 0 aliphatic carbocycles. The molecule has 1 saturated heterocycles. The molecule has 134 valence electrons. The van der Waals surface area contributed by atoms with Crippen molar-refractivity contribution >= 4 is 27.5 Å². The third kappa shape index (κ3) is 5.36. The van der Waals surface area contributed by atoms with E-state index >= 15 is 0 Å². The van der Waals surface area contributed by atoms with Crippen molar-refractivity contribution in [2.24, 2.45) is 0 Å². The first-order valence-electron chi connectivity index (χ1n) is 7.80. The maximum absolute atomic E-state index is 12.2. The molecule has 1 aliphatic heterocycles. The highest BCUT2D eigenvalue weighted by atomic mass is 35.5. The van der Waals surface area contributed by atoms with Gasteiger partial charge in [-0.15, -0.1) is 0 Å². The highest BCUT2D eigenvalue weighted by Crippen LogP contribution is 2.25. The maximum Gasteiger partial charge on any atom is 0.260 e. The van der Waals surface area contributed by atoms with Crippen molar-refractivity contribution in [3.05, 3.63) is 28.3 Å². The molecule has 1 aromatic rings. The van der Waals surface area contributed by atoms with Crippen LogP contribution >= 0.6 is 11.6 Å². The lowest BCUT2D eigenvalue weighted by molar-refractivity contribution is -0.134. The molecule has 8 heteroatoms. The van der Waals surface area contributed by atoms with E-state index in [2.05, 4.69) is 4.72 Å². The van der Waals surface area contributed by atoms with Gasteiger partial charge in [-0.25, -0.2) is 13.1 Å². The smallest absolute Gasteiger partial charge is 0.260 e. The summed E-state index contributed by atoms with van der Waals surface area (Å²) in [7, 11) is -3.21. The van der Waals surface area contributed by atoms with Crippen LogP contribution in [0.3, 0.4) is 0 Å². The van der Waals surface area contributed by atoms with Crippen molar-refractivity contribution in [2.45, 2.75) is 32.7 Å². The summed E-state index contributed by atoms with van der Waals surface area (Å²) in [6.45, 7) is 4.79. The molecule has 0 saturated carbocycles. The molecule has 1 N–H and O–H groups in total. The Balaban J connectivity index is 1.84. The van der Waals surface area contributed by atoms with Gasteiger partial charge in [0, 0.05) is 24.2 Å². The number of benzene rings is 1. The summed E-state index contributed by atoms with van der Waals surface area (Å²) >= 11 is 6.11. The van der Waals surface area contributed by atoms with E-state index < -0.39 is 10.0 Å². The molecule has 0 bridgehead atoms. The minimum atomic E-state index is -3.21. The zero-order valence-corrected chi connectivity index (χ0v) is 15.7. The number of piperidine rings is 1. The summed E-state index contributed by atoms with van der Waals surface area (Å²) in [6.07, 6.45) is 2.37. The number of hydrogen-bond donors (Lipinski definition) is 1. The molecule has 0 unspecified atom stereocenters. The number of amides is 1. The Hall–Kier alpha value is -1.31. The number of hydrogen-bond acceptors (Lipinski definition) is 4. The molecule has 1 amide bonds. The van der Waals surface area contributed by atoms with Crippen molar-refractivity contribution in [1.82, 2.24) is 9.62 Å². The van der Waals surface area contributed by atoms with Gasteiger partial charge in [0.05, 0.1) is 6.26 Å². The SMILES string of the molecule is Cc1cc(OCC(=O)N2CCC(NS(C)(=O)=O)CC2)cc(C)c1Cl. The lowest BCUT2D eigenvalue weighted by Crippen LogP contribution is -2.47. The van der Waals surface area contributed by atoms with E-state index in [0.717, 1.165) is 17.4 Å². The van der Waals surface area contributed by atoms with Gasteiger partial charge in [0.1, 0.15) is 5.75 Å². The van der Waals surface area contributed by atoms with Crippen LogP contribution in [0.1, 0.15) is 24.0 Å². The van der Waals surface area contributed by atoms with Gasteiger partial charge in [-0.1, -0.05) is 11.6 Å². The average molecular weight is 375 g/mol. The number of rotatable bonds is 5. The van der Waals surface area contributed by atoms with Gasteiger partial charge in [0.2, 0.25) is 10.0 Å². The first kappa shape index (κ1) is 19.0. The van der Waals surface area contributed by atoms with E-state index in [0.29, 0.717) is 36.7 Å². The Morgan fingerprint density at radius 2 is 1.83 bits per heavy atom. The van der Waals surface area contributed by atoms with Gasteiger partial charge in [-0.05, 0) is 49.9 Å². The zero-order chi connectivity index (χ0) is 17.9. The van der Waals surface area contributed by atoms with Crippen LogP contribution in [0.5, 0.6) is 5.75 Å². The number of sulfonamides is 1. The lowest BCUT2D eigenvalue weighted by Gasteiger charge is -2.31. The number of halogens is 1. The molecule has 6 nitrogen and oxygen atoms in total. The second-order valence-electron chi connectivity index (χ2n) is 6.20. The number of carbonyl (C=O) groups excluding carboxylic acids is 1. The standard InChI is InChI=1S/C16H23ClN2O4S/c1-11-8-14(9-12(2)16(11)17)23-10-15(20)19-6-4-13(5-7-19)18-24(3,21)22/h8-9,13,18H,4-7,10H2,1-3H3. The number of nitrogens with one attached hydrogen (secondary N) is 1. The van der Waals surface area contributed by atoms with E-state index in [1.54, 1.807) is 4.90 Å². The Kier molecular flexibility index (Phi) is 6.11. The first-order chi connectivity index (χ1) is 11.2. The molecule has 1 heterocycles. The summed E-state index contributed by atoms with van der Waals surface area (Å²) in [4.78, 5) is 13.9. The molecule has 0 atom stereocenters. The molecule has 0 spiro atoms. The van der Waals surface area contributed by atoms with Crippen LogP contribution in [0.25, 0.3) is 0 Å². The molecule has 24 heavy (non-hydrogen) atoms. The van der Waals surface area contributed by atoms with Gasteiger partial charge in [0.15, 0.2) is 6.61 Å². The summed E-state index contributed by atoms with van der Waals surface area (Å²) in [5.74, 6) is 0.523. The second kappa shape index (κ2) is 7.72. The maximum atomic E-state index is 12.2. The molecule has 0 radical (unpaired) electrons. The Bertz CT molecular complexity index is 690. The first-order valence-corrected chi connectivity index (χ1v) is 10.1. The minimum absolute atomic E-state index is 0.0370. The number of nitrogens with zero attached hydrogens (tertiary/aromatic N) is 1. The van der Waals surface area contributed by atoms with Crippen LogP contribution in [-0.2, 0) is 14.8 Å². The van der Waals surface area contributed by atoms with E-state index in [1.165, 1.54) is 0 Å². The van der Waals surface area contributed by atoms with E-state index in [1.807, 2.05) is 26.0 Å². The van der Waals surface area contributed by atoms with Gasteiger partial charge in [0.25, 0.3) is 5.91 Å². The zero-order valence-electron chi connectivity index (χ0n) is 14.1. The van der Waals surface area contributed by atoms with Crippen LogP contribution in [-0.4, -0.2) is 51.2 Å². The lowest BCUT2D eigenvalue weighted by atomic mass is 10.1. The minimum Gasteiger partial charge on any atom is -0.484 e. The van der Waals surface area contributed by atoms with Crippen LogP contribution in [0, 0.1) is 13.8 Å². The van der Waals surface area contributed by atoms with Crippen LogP contribution in [0.2, 0.25) is 5.02 Å². The molecule has 1 aromatic carbocycles. The fourth-order valence-corrected chi connectivity index (χ4v) is 3.73. The molecular weight excluding hydrogens is 352 g/mol. The van der Waals surface area contributed by atoms with Gasteiger partial charge in [-0.3, -0.25) is 4.79 Å². The molecule has 1 fully saturated rings. The summed E-state index contributed by atoms with van der Waals surface area (Å²) in [5.41, 5.74) is 1.82. The highest BCUT2D eigenvalue weighted by Gasteiger charge is 2.24. The Morgan fingerprint density at radius 1 is 1.29 bits per heavy atom. The average Bonchev–Trinajstić information content (AvgIpc) is 2.49. The highest BCUT2D eigenvalue weighted by molar-refractivity contribution is 7.88. The summed E-state index contributed by atoms with van der Waals surface area (Å²) in [5, 5.41) is 0.703. The molecule has 1 aliphatic rings. The molecule has 2 rings (SSSR count). The number of likely N-dealkylation sites (tertiary alicyclic amines) is 1. The Morgan fingerprint density at radius 3 is 2.33 bits per heavy atom. The summed E-state index contributed by atoms with van der Waals surface area (Å²) < 4.78 is 30.6. The topological polar surface area (TPSA) is 75.7 Å². The summed E-state index contributed by atoms with van der Waals surface area (Å²) in [6, 6.07) is 3.52. The van der Waals surface area contributed by atoms with Crippen LogP contribution < -0.4 is 9.46 Å². The molecule has 0 aromatic heterocycles. The van der Waals surface area contributed by atoms with Crippen molar-refractivity contribution < 1.29 is 17.9 Å². The van der Waals surface area contributed by atoms with E-state index in [-0.39, 0.29) is 18.6 Å². The van der Waals surface area contributed by atoms with Gasteiger partial charge in [-0.2, -0.15) is 0 Å². The third-order valence-electron chi connectivity index (χ3n) is 4.00. The predicted octanol–water partition coefficient (Wildman–Crippen LogP) is 1.88. The monoisotopic (exact) mass is 374 g/mol. The Labute approximate surface area is 148 Å². The normalized spacial score (nSPS) is 16.2. The number of ether oxygens (including phenoxy) is 1. The van der Waals surface area contributed by atoms with Crippen LogP contribution in [0.15, 0.2) is 12.1 Å². The number of carbonyl (C=O) groups is 1. The van der Waals surface area contributed by atoms with Crippen molar-refractivity contribution in [2.75, 3.05) is 26.0 Å². The number of aryl methyl sites for hydroxylation is 2. The largest absolute Gasteiger partial charge is 0.484 e.